The Morgan fingerprint density at radius 1 is 1.06 bits per heavy atom. The van der Waals surface area contributed by atoms with Crippen molar-refractivity contribution in [1.29, 1.82) is 0 Å². The van der Waals surface area contributed by atoms with Crippen LogP contribution >= 0.6 is 27.7 Å². The van der Waals surface area contributed by atoms with Gasteiger partial charge in [0.2, 0.25) is 0 Å². The van der Waals surface area contributed by atoms with Crippen LogP contribution in [0.2, 0.25) is 0 Å². The molecule has 2 aromatic heterocycles. The van der Waals surface area contributed by atoms with Gasteiger partial charge in [0.25, 0.3) is 5.91 Å². The van der Waals surface area contributed by atoms with E-state index >= 15 is 0 Å². The lowest BCUT2D eigenvalue weighted by Gasteiger charge is -2.10. The summed E-state index contributed by atoms with van der Waals surface area (Å²) >= 11 is 4.65. The molecule has 4 rings (SSSR count). The van der Waals surface area contributed by atoms with Crippen molar-refractivity contribution in [3.05, 3.63) is 88.7 Å². The first kappa shape index (κ1) is 23.3. The first-order valence-electron chi connectivity index (χ1n) is 9.91. The Hall–Kier alpha value is -3.83. The summed E-state index contributed by atoms with van der Waals surface area (Å²) in [5, 5.41) is 22.3. The Morgan fingerprint density at radius 3 is 2.53 bits per heavy atom. The fraction of sp³-hybridized carbons (Fsp3) is 0.0435. The van der Waals surface area contributed by atoms with Gasteiger partial charge in [-0.15, -0.1) is 10.2 Å². The topological polar surface area (TPSA) is 122 Å². The van der Waals surface area contributed by atoms with Crippen molar-refractivity contribution in [2.45, 2.75) is 5.16 Å². The van der Waals surface area contributed by atoms with Crippen LogP contribution in [-0.4, -0.2) is 48.7 Å². The maximum absolute atomic E-state index is 12.4. The van der Waals surface area contributed by atoms with E-state index < -0.39 is 5.97 Å². The van der Waals surface area contributed by atoms with E-state index in [1.54, 1.807) is 30.6 Å². The van der Waals surface area contributed by atoms with Crippen molar-refractivity contribution >= 4 is 45.8 Å². The number of nitrogens with zero attached hydrogens (tertiary/aromatic N) is 5. The lowest BCUT2D eigenvalue weighted by Crippen LogP contribution is -2.20. The second kappa shape index (κ2) is 10.9. The first-order chi connectivity index (χ1) is 16.5. The van der Waals surface area contributed by atoms with Gasteiger partial charge in [0.05, 0.1) is 17.5 Å². The smallest absolute Gasteiger partial charge is 0.336 e. The van der Waals surface area contributed by atoms with Crippen molar-refractivity contribution in [2.75, 3.05) is 5.75 Å². The van der Waals surface area contributed by atoms with E-state index in [9.17, 15) is 14.7 Å². The number of nitrogens with one attached hydrogen (secondary N) is 1. The number of carbonyl (C=O) groups excluding carboxylic acids is 1. The Morgan fingerprint density at radius 2 is 1.79 bits per heavy atom. The molecule has 0 aliphatic rings. The molecular weight excluding hydrogens is 520 g/mol. The number of hydrazone groups is 1. The quantitative estimate of drug-likeness (QED) is 0.198. The molecule has 0 radical (unpaired) electrons. The van der Waals surface area contributed by atoms with Gasteiger partial charge in [-0.2, -0.15) is 5.10 Å². The molecule has 0 saturated carbocycles. The fourth-order valence-electron chi connectivity index (χ4n) is 3.01. The number of benzene rings is 2. The number of halogens is 1. The van der Waals surface area contributed by atoms with Crippen LogP contribution in [0.15, 0.2) is 87.8 Å². The zero-order valence-electron chi connectivity index (χ0n) is 17.5. The molecule has 2 N–H and O–H groups in total. The summed E-state index contributed by atoms with van der Waals surface area (Å²) in [4.78, 5) is 27.7. The third-order valence-electron chi connectivity index (χ3n) is 4.57. The second-order valence-corrected chi connectivity index (χ2v) is 8.69. The molecule has 0 atom stereocenters. The highest BCUT2D eigenvalue weighted by molar-refractivity contribution is 9.10. The molecule has 1 amide bonds. The summed E-state index contributed by atoms with van der Waals surface area (Å²) in [6.45, 7) is 0. The zero-order chi connectivity index (χ0) is 23.9. The first-order valence-corrected chi connectivity index (χ1v) is 11.7. The summed E-state index contributed by atoms with van der Waals surface area (Å²) < 4.78 is 2.80. The molecular formula is C23H17BrN6O3S. The van der Waals surface area contributed by atoms with E-state index in [-0.39, 0.29) is 17.2 Å². The number of aromatic nitrogens is 4. The SMILES string of the molecule is O=C(CSc1nnc(-c2ccncc2)n1-c1ccc(Br)cc1)NN=Cc1ccccc1C(=O)O. The molecule has 34 heavy (non-hydrogen) atoms. The van der Waals surface area contributed by atoms with E-state index in [1.165, 1.54) is 24.0 Å². The summed E-state index contributed by atoms with van der Waals surface area (Å²) in [5.41, 5.74) is 4.58. The Bertz CT molecular complexity index is 1340. The maximum atomic E-state index is 12.4. The second-order valence-electron chi connectivity index (χ2n) is 6.83. The molecule has 170 valence electrons. The average molecular weight is 537 g/mol. The van der Waals surface area contributed by atoms with Gasteiger partial charge in [-0.25, -0.2) is 10.2 Å². The van der Waals surface area contributed by atoms with E-state index in [4.69, 9.17) is 0 Å². The molecule has 2 heterocycles. The molecule has 0 aliphatic carbocycles. The minimum absolute atomic E-state index is 0.0307. The van der Waals surface area contributed by atoms with Gasteiger partial charge in [-0.3, -0.25) is 14.3 Å². The largest absolute Gasteiger partial charge is 0.478 e. The molecule has 0 saturated heterocycles. The standard InChI is InChI=1S/C23H17BrN6O3S/c24-17-5-7-18(8-6-17)30-21(15-9-11-25-12-10-15)28-29-23(30)34-14-20(31)27-26-13-16-3-1-2-4-19(16)22(32)33/h1-13H,14H2,(H,27,31)(H,32,33). The Kier molecular flexibility index (Phi) is 7.45. The van der Waals surface area contributed by atoms with Crippen LogP contribution in [0.25, 0.3) is 17.1 Å². The van der Waals surface area contributed by atoms with E-state index in [1.807, 2.05) is 41.0 Å². The lowest BCUT2D eigenvalue weighted by atomic mass is 10.1. The summed E-state index contributed by atoms with van der Waals surface area (Å²) in [6, 6.07) is 17.7. The lowest BCUT2D eigenvalue weighted by molar-refractivity contribution is -0.118. The molecule has 9 nitrogen and oxygen atoms in total. The highest BCUT2D eigenvalue weighted by Crippen LogP contribution is 2.28. The number of rotatable bonds is 8. The third-order valence-corrected chi connectivity index (χ3v) is 6.03. The van der Waals surface area contributed by atoms with Gasteiger partial charge in [-0.1, -0.05) is 45.9 Å². The average Bonchev–Trinajstić information content (AvgIpc) is 3.28. The van der Waals surface area contributed by atoms with E-state index in [0.717, 1.165) is 15.7 Å². The van der Waals surface area contributed by atoms with Crippen LogP contribution < -0.4 is 5.43 Å². The van der Waals surface area contributed by atoms with Crippen LogP contribution in [0.5, 0.6) is 0 Å². The number of hydrogen-bond donors (Lipinski definition) is 2. The molecule has 0 bridgehead atoms. The Labute approximate surface area is 207 Å². The highest BCUT2D eigenvalue weighted by Gasteiger charge is 2.17. The number of carboxylic acids is 1. The van der Waals surface area contributed by atoms with Crippen molar-refractivity contribution in [2.24, 2.45) is 5.10 Å². The number of thioether (sulfide) groups is 1. The van der Waals surface area contributed by atoms with Gasteiger partial charge in [-0.05, 0) is 42.5 Å². The third kappa shape index (κ3) is 5.56. The zero-order valence-corrected chi connectivity index (χ0v) is 19.9. The van der Waals surface area contributed by atoms with E-state index in [2.05, 4.69) is 41.6 Å². The summed E-state index contributed by atoms with van der Waals surface area (Å²) in [5.74, 6) is -0.787. The van der Waals surface area contributed by atoms with Crippen molar-refractivity contribution in [3.63, 3.8) is 0 Å². The van der Waals surface area contributed by atoms with Gasteiger partial charge >= 0.3 is 5.97 Å². The minimum Gasteiger partial charge on any atom is -0.478 e. The fourth-order valence-corrected chi connectivity index (χ4v) is 4.02. The van der Waals surface area contributed by atoms with Gasteiger partial charge < -0.3 is 5.11 Å². The molecule has 0 aliphatic heterocycles. The van der Waals surface area contributed by atoms with Crippen LogP contribution in [0.4, 0.5) is 0 Å². The predicted octanol–water partition coefficient (Wildman–Crippen LogP) is 4.03. The number of pyridine rings is 1. The van der Waals surface area contributed by atoms with Gasteiger partial charge in [0.15, 0.2) is 11.0 Å². The number of aromatic carboxylic acids is 1. The number of carboxylic acid groups (broad SMARTS) is 1. The summed E-state index contributed by atoms with van der Waals surface area (Å²) in [6.07, 6.45) is 4.66. The molecule has 4 aromatic rings. The van der Waals surface area contributed by atoms with Crippen molar-refractivity contribution in [3.8, 4) is 17.1 Å². The predicted molar refractivity (Wildman–Crippen MR) is 132 cm³/mol. The monoisotopic (exact) mass is 536 g/mol. The molecule has 0 unspecified atom stereocenters. The van der Waals surface area contributed by atoms with Crippen molar-refractivity contribution < 1.29 is 14.7 Å². The normalized spacial score (nSPS) is 11.0. The Balaban J connectivity index is 1.50. The van der Waals surface area contributed by atoms with Crippen LogP contribution in [-0.2, 0) is 4.79 Å². The van der Waals surface area contributed by atoms with Gasteiger partial charge in [0.1, 0.15) is 0 Å². The molecule has 0 fully saturated rings. The molecule has 0 spiro atoms. The van der Waals surface area contributed by atoms with Crippen LogP contribution in [0.3, 0.4) is 0 Å². The maximum Gasteiger partial charge on any atom is 0.336 e. The number of carbonyl (C=O) groups is 2. The summed E-state index contributed by atoms with van der Waals surface area (Å²) in [7, 11) is 0. The van der Waals surface area contributed by atoms with Gasteiger partial charge in [0, 0.05) is 33.7 Å². The van der Waals surface area contributed by atoms with Crippen LogP contribution in [0.1, 0.15) is 15.9 Å². The van der Waals surface area contributed by atoms with E-state index in [0.29, 0.717) is 16.5 Å². The van der Waals surface area contributed by atoms with Crippen LogP contribution in [0, 0.1) is 0 Å². The molecule has 11 heteroatoms. The highest BCUT2D eigenvalue weighted by atomic mass is 79.9. The number of hydrogen-bond acceptors (Lipinski definition) is 7. The minimum atomic E-state index is -1.07. The molecule has 2 aromatic carbocycles. The van der Waals surface area contributed by atoms with Crippen molar-refractivity contribution in [1.82, 2.24) is 25.2 Å². The number of amides is 1.